The van der Waals surface area contributed by atoms with E-state index in [4.69, 9.17) is 19.2 Å². The van der Waals surface area contributed by atoms with Crippen LogP contribution in [0.2, 0.25) is 18.6 Å². The number of hydrogen-bond donors (Lipinski definition) is 1. The second-order valence-corrected chi connectivity index (χ2v) is 18.5. The molecule has 4 heterocycles. The van der Waals surface area contributed by atoms with E-state index in [2.05, 4.69) is 32.3 Å². The third kappa shape index (κ3) is 5.24. The van der Waals surface area contributed by atoms with Gasteiger partial charge in [0.2, 0.25) is 5.60 Å². The number of aromatic nitrogens is 2. The van der Waals surface area contributed by atoms with E-state index in [9.17, 15) is 19.2 Å². The zero-order valence-corrected chi connectivity index (χ0v) is 27.0. The predicted octanol–water partition coefficient (Wildman–Crippen LogP) is 5.35. The number of esters is 2. The normalized spacial score (nSPS) is 19.4. The number of ether oxygens (including phenoxy) is 3. The zero-order valence-electron chi connectivity index (χ0n) is 26.0. The molecule has 3 aromatic rings. The van der Waals surface area contributed by atoms with Crippen molar-refractivity contribution < 1.29 is 28.6 Å². The van der Waals surface area contributed by atoms with Crippen LogP contribution in [-0.2, 0) is 35.9 Å². The summed E-state index contributed by atoms with van der Waals surface area (Å²) in [7, 11) is -2.41. The lowest BCUT2D eigenvalue weighted by atomic mass is 9.85. The number of hydrogen-bond acceptors (Lipinski definition) is 8. The number of carbonyl (C=O) groups excluding carboxylic acids is 3. The third-order valence-corrected chi connectivity index (χ3v) is 13.4. The number of benzene rings is 1. The Bertz CT molecular complexity index is 1710. The summed E-state index contributed by atoms with van der Waals surface area (Å²) < 4.78 is 18.9. The molecule has 0 bridgehead atoms. The predicted molar refractivity (Wildman–Crippen MR) is 164 cm³/mol. The highest BCUT2D eigenvalue weighted by Gasteiger charge is 2.56. The standard InChI is InChI=1S/C32H39N3O7Si/c1-9-32(41-24(36)16-33-30(39)42-31(4,5)6)21-15-23-26-20(14-19-12-10-11-13-22(19)34-26)17-35(23)27(37)25(21)28(40-29(32)38)43(7,8)18(2)3/h10-15,18,28H,9,16-17H2,1-8H3,(H,33,39). The molecule has 0 saturated heterocycles. The maximum Gasteiger partial charge on any atom is 0.408 e. The van der Waals surface area contributed by atoms with Crippen LogP contribution in [0.1, 0.15) is 70.4 Å². The first-order valence-electron chi connectivity index (χ1n) is 14.7. The molecule has 0 fully saturated rings. The van der Waals surface area contributed by atoms with Crippen molar-refractivity contribution in [1.29, 1.82) is 0 Å². The number of fused-ring (bicyclic) bond motifs is 5. The number of cyclic esters (lactones) is 1. The summed E-state index contributed by atoms with van der Waals surface area (Å²) in [6, 6.07) is 11.5. The van der Waals surface area contributed by atoms with Crippen LogP contribution in [0.4, 0.5) is 4.79 Å². The van der Waals surface area contributed by atoms with E-state index in [1.54, 1.807) is 38.3 Å². The number of carbonyl (C=O) groups is 3. The minimum Gasteiger partial charge on any atom is -0.458 e. The maximum atomic E-state index is 14.4. The van der Waals surface area contributed by atoms with Crippen LogP contribution in [0.25, 0.3) is 22.3 Å². The van der Waals surface area contributed by atoms with E-state index in [0.29, 0.717) is 29.1 Å². The molecule has 2 aromatic heterocycles. The summed E-state index contributed by atoms with van der Waals surface area (Å²) >= 11 is 0. The van der Waals surface area contributed by atoms with Gasteiger partial charge in [-0.3, -0.25) is 9.59 Å². The molecule has 1 N–H and O–H groups in total. The SMILES string of the molecule is CCC1(OC(=O)CNC(=O)OC(C)(C)C)C(=O)OC([Si](C)(C)C(C)C)c2c1cc1n(c2=O)Cc2cc3ccccc3nc2-1. The molecule has 1 amide bonds. The van der Waals surface area contributed by atoms with E-state index in [-0.39, 0.29) is 17.5 Å². The van der Waals surface area contributed by atoms with Crippen LogP contribution in [0.15, 0.2) is 41.2 Å². The van der Waals surface area contributed by atoms with Crippen LogP contribution >= 0.6 is 0 Å². The lowest BCUT2D eigenvalue weighted by Crippen LogP contribution is -2.55. The largest absolute Gasteiger partial charge is 0.458 e. The van der Waals surface area contributed by atoms with Gasteiger partial charge in [0, 0.05) is 16.5 Å². The molecule has 1 aromatic carbocycles. The first-order valence-corrected chi connectivity index (χ1v) is 17.8. The minimum absolute atomic E-state index is 0.0221. The van der Waals surface area contributed by atoms with Gasteiger partial charge in [0.15, 0.2) is 0 Å². The van der Waals surface area contributed by atoms with Crippen LogP contribution in [-0.4, -0.2) is 47.8 Å². The lowest BCUT2D eigenvalue weighted by Gasteiger charge is -2.44. The minimum atomic E-state index is -2.41. The summed E-state index contributed by atoms with van der Waals surface area (Å²) in [4.78, 5) is 58.6. The molecule has 2 atom stereocenters. The van der Waals surface area contributed by atoms with Crippen LogP contribution in [0, 0.1) is 0 Å². The smallest absolute Gasteiger partial charge is 0.408 e. The van der Waals surface area contributed by atoms with Crippen LogP contribution in [0.5, 0.6) is 0 Å². The number of para-hydroxylation sites is 1. The fourth-order valence-corrected chi connectivity index (χ4v) is 7.70. The Morgan fingerprint density at radius 2 is 1.88 bits per heavy atom. The Hall–Kier alpha value is -3.99. The Morgan fingerprint density at radius 1 is 1.19 bits per heavy atom. The molecule has 228 valence electrons. The Labute approximate surface area is 251 Å². The Morgan fingerprint density at radius 3 is 2.53 bits per heavy atom. The van der Waals surface area contributed by atoms with Gasteiger partial charge in [0.05, 0.1) is 29.0 Å². The van der Waals surface area contributed by atoms with Crippen molar-refractivity contribution in [2.24, 2.45) is 0 Å². The van der Waals surface area contributed by atoms with E-state index in [1.807, 2.05) is 30.3 Å². The highest BCUT2D eigenvalue weighted by Crippen LogP contribution is 2.48. The van der Waals surface area contributed by atoms with Gasteiger partial charge >= 0.3 is 18.0 Å². The summed E-state index contributed by atoms with van der Waals surface area (Å²) in [5.74, 6) is -1.59. The Kier molecular flexibility index (Phi) is 7.52. The second kappa shape index (κ2) is 10.6. The van der Waals surface area contributed by atoms with Gasteiger partial charge in [0.1, 0.15) is 25.9 Å². The van der Waals surface area contributed by atoms with Gasteiger partial charge in [0.25, 0.3) is 5.56 Å². The first kappa shape index (κ1) is 30.5. The van der Waals surface area contributed by atoms with Gasteiger partial charge in [-0.1, -0.05) is 52.1 Å². The summed E-state index contributed by atoms with van der Waals surface area (Å²) in [6.07, 6.45) is -0.772. The molecule has 11 heteroatoms. The van der Waals surface area contributed by atoms with Gasteiger partial charge in [-0.2, -0.15) is 0 Å². The second-order valence-electron chi connectivity index (χ2n) is 13.2. The molecule has 0 spiro atoms. The van der Waals surface area contributed by atoms with Crippen molar-refractivity contribution in [2.75, 3.05) is 6.54 Å². The molecule has 2 aliphatic heterocycles. The molecule has 10 nitrogen and oxygen atoms in total. The molecular formula is C32H39N3O7Si. The van der Waals surface area contributed by atoms with Crippen molar-refractivity contribution >= 4 is 37.0 Å². The van der Waals surface area contributed by atoms with E-state index >= 15 is 0 Å². The third-order valence-electron chi connectivity index (χ3n) is 8.69. The molecule has 5 rings (SSSR count). The summed E-state index contributed by atoms with van der Waals surface area (Å²) in [5.41, 5.74) is 0.0651. The van der Waals surface area contributed by atoms with Crippen LogP contribution in [0.3, 0.4) is 0 Å². The van der Waals surface area contributed by atoms with Crippen LogP contribution < -0.4 is 10.9 Å². The summed E-state index contributed by atoms with van der Waals surface area (Å²) in [5, 5.41) is 3.35. The fraction of sp³-hybridized carbons (Fsp3) is 0.469. The molecule has 0 radical (unpaired) electrons. The first-order chi connectivity index (χ1) is 20.1. The molecule has 0 saturated carbocycles. The monoisotopic (exact) mass is 605 g/mol. The van der Waals surface area contributed by atoms with Crippen molar-refractivity contribution in [2.45, 2.75) is 90.1 Å². The van der Waals surface area contributed by atoms with Crippen molar-refractivity contribution in [3.05, 3.63) is 63.4 Å². The average Bonchev–Trinajstić information content (AvgIpc) is 3.28. The number of alkyl carbamates (subject to hydrolysis) is 1. The molecule has 0 aliphatic carbocycles. The van der Waals surface area contributed by atoms with Crippen molar-refractivity contribution in [3.8, 4) is 11.4 Å². The van der Waals surface area contributed by atoms with Crippen molar-refractivity contribution in [1.82, 2.24) is 14.9 Å². The summed E-state index contributed by atoms with van der Waals surface area (Å²) in [6.45, 7) is 14.9. The average molecular weight is 606 g/mol. The number of amides is 1. The highest BCUT2D eigenvalue weighted by molar-refractivity contribution is 6.79. The number of nitrogens with one attached hydrogen (secondary N) is 1. The van der Waals surface area contributed by atoms with Gasteiger partial charge in [-0.15, -0.1) is 0 Å². The van der Waals surface area contributed by atoms with Gasteiger partial charge in [-0.05, 0) is 50.9 Å². The van der Waals surface area contributed by atoms with Gasteiger partial charge in [-0.25, -0.2) is 14.6 Å². The molecule has 43 heavy (non-hydrogen) atoms. The Balaban J connectivity index is 1.65. The van der Waals surface area contributed by atoms with E-state index in [0.717, 1.165) is 16.5 Å². The molecule has 2 unspecified atom stereocenters. The quantitative estimate of drug-likeness (QED) is 0.177. The maximum absolute atomic E-state index is 14.4. The highest BCUT2D eigenvalue weighted by atomic mass is 28.3. The van der Waals surface area contributed by atoms with Gasteiger partial charge < -0.3 is 24.1 Å². The van der Waals surface area contributed by atoms with Crippen molar-refractivity contribution in [3.63, 3.8) is 0 Å². The molecular weight excluding hydrogens is 566 g/mol. The van der Waals surface area contributed by atoms with E-state index < -0.39 is 49.6 Å². The topological polar surface area (TPSA) is 126 Å². The zero-order chi connectivity index (χ0) is 31.5. The van der Waals surface area contributed by atoms with E-state index in [1.165, 1.54) is 0 Å². The lowest BCUT2D eigenvalue weighted by molar-refractivity contribution is -0.190. The fourth-order valence-electron chi connectivity index (χ4n) is 5.67. The number of nitrogens with zero attached hydrogens (tertiary/aromatic N) is 2. The number of pyridine rings is 2. The number of rotatable bonds is 6. The molecule has 2 aliphatic rings.